The molecule has 1 fully saturated rings. The van der Waals surface area contributed by atoms with E-state index < -0.39 is 24.5 Å². The normalized spacial score (nSPS) is 19.8. The number of aryl methyl sites for hydroxylation is 1. The van der Waals surface area contributed by atoms with Crippen molar-refractivity contribution in [2.75, 3.05) is 6.61 Å². The third kappa shape index (κ3) is 5.31. The molecule has 0 spiro atoms. The number of carbonyl (C=O) groups excluding carboxylic acids is 3. The van der Waals surface area contributed by atoms with Crippen molar-refractivity contribution in [3.8, 4) is 0 Å². The van der Waals surface area contributed by atoms with E-state index in [1.165, 1.54) is 6.42 Å². The minimum absolute atomic E-state index is 0.0824. The summed E-state index contributed by atoms with van der Waals surface area (Å²) in [6.45, 7) is 5.33. The van der Waals surface area contributed by atoms with Crippen LogP contribution in [-0.2, 0) is 9.53 Å². The summed E-state index contributed by atoms with van der Waals surface area (Å²) in [6.07, 6.45) is 4.25. The summed E-state index contributed by atoms with van der Waals surface area (Å²) in [6, 6.07) is 4.86. The van der Waals surface area contributed by atoms with Crippen molar-refractivity contribution in [1.29, 1.82) is 0 Å². The van der Waals surface area contributed by atoms with E-state index in [1.807, 2.05) is 19.9 Å². The second-order valence-corrected chi connectivity index (χ2v) is 6.71. The van der Waals surface area contributed by atoms with E-state index in [1.54, 1.807) is 12.1 Å². The molecule has 0 unspecified atom stereocenters. The van der Waals surface area contributed by atoms with Gasteiger partial charge in [0.25, 0.3) is 5.91 Å². The van der Waals surface area contributed by atoms with Gasteiger partial charge in [0.15, 0.2) is 6.61 Å². The highest BCUT2D eigenvalue weighted by atomic mass is 16.5. The van der Waals surface area contributed by atoms with E-state index in [0.29, 0.717) is 11.5 Å². The van der Waals surface area contributed by atoms with Crippen LogP contribution in [0.2, 0.25) is 0 Å². The molecule has 0 radical (unpaired) electrons. The Morgan fingerprint density at radius 2 is 1.88 bits per heavy atom. The summed E-state index contributed by atoms with van der Waals surface area (Å²) in [5.74, 6) is -0.811. The van der Waals surface area contributed by atoms with Crippen molar-refractivity contribution in [3.05, 3.63) is 34.9 Å². The number of imide groups is 1. The monoisotopic (exact) mass is 346 g/mol. The van der Waals surface area contributed by atoms with E-state index >= 15 is 0 Å². The molecule has 2 N–H and O–H groups in total. The summed E-state index contributed by atoms with van der Waals surface area (Å²) in [5, 5.41) is 5.04. The van der Waals surface area contributed by atoms with Gasteiger partial charge in [-0.25, -0.2) is 9.59 Å². The number of nitrogens with one attached hydrogen (secondary N) is 2. The van der Waals surface area contributed by atoms with Gasteiger partial charge in [0, 0.05) is 6.04 Å². The zero-order chi connectivity index (χ0) is 18.4. The van der Waals surface area contributed by atoms with Gasteiger partial charge in [-0.1, -0.05) is 31.9 Å². The minimum Gasteiger partial charge on any atom is -0.452 e. The van der Waals surface area contributed by atoms with Crippen LogP contribution >= 0.6 is 0 Å². The first-order valence-electron chi connectivity index (χ1n) is 8.72. The van der Waals surface area contributed by atoms with E-state index in [-0.39, 0.29) is 6.04 Å². The fourth-order valence-corrected chi connectivity index (χ4v) is 3.08. The molecule has 6 nitrogen and oxygen atoms in total. The molecule has 0 aromatic heterocycles. The predicted molar refractivity (Wildman–Crippen MR) is 94.3 cm³/mol. The Morgan fingerprint density at radius 3 is 2.60 bits per heavy atom. The zero-order valence-corrected chi connectivity index (χ0v) is 15.1. The third-order valence-electron chi connectivity index (χ3n) is 4.84. The number of hydrogen-bond donors (Lipinski definition) is 2. The first-order valence-corrected chi connectivity index (χ1v) is 8.72. The zero-order valence-electron chi connectivity index (χ0n) is 15.1. The van der Waals surface area contributed by atoms with Gasteiger partial charge in [-0.2, -0.15) is 0 Å². The highest BCUT2D eigenvalue weighted by Gasteiger charge is 2.23. The molecule has 1 aromatic rings. The number of hydrogen-bond acceptors (Lipinski definition) is 4. The average Bonchev–Trinajstić information content (AvgIpc) is 2.57. The SMILES string of the molecule is Cc1cccc(C(=O)OCC(=O)NC(=O)N[C@H]2CCCC[C@@H]2C)c1C. The molecule has 2 atom stereocenters. The Morgan fingerprint density at radius 1 is 1.16 bits per heavy atom. The van der Waals surface area contributed by atoms with Gasteiger partial charge >= 0.3 is 12.0 Å². The number of rotatable bonds is 4. The van der Waals surface area contributed by atoms with Gasteiger partial charge < -0.3 is 10.1 Å². The van der Waals surface area contributed by atoms with Crippen molar-refractivity contribution in [2.45, 2.75) is 52.5 Å². The van der Waals surface area contributed by atoms with Gasteiger partial charge in [-0.15, -0.1) is 0 Å². The van der Waals surface area contributed by atoms with Gasteiger partial charge in [0.1, 0.15) is 0 Å². The van der Waals surface area contributed by atoms with Gasteiger partial charge in [0.2, 0.25) is 0 Å². The van der Waals surface area contributed by atoms with Gasteiger partial charge in [-0.05, 0) is 49.8 Å². The van der Waals surface area contributed by atoms with Crippen LogP contribution in [0.25, 0.3) is 0 Å². The third-order valence-corrected chi connectivity index (χ3v) is 4.84. The highest BCUT2D eigenvalue weighted by molar-refractivity contribution is 5.97. The maximum absolute atomic E-state index is 12.1. The molecule has 6 heteroatoms. The van der Waals surface area contributed by atoms with E-state index in [9.17, 15) is 14.4 Å². The highest BCUT2D eigenvalue weighted by Crippen LogP contribution is 2.23. The molecule has 2 rings (SSSR count). The van der Waals surface area contributed by atoms with Crippen LogP contribution in [0, 0.1) is 19.8 Å². The molecule has 1 aliphatic rings. The average molecular weight is 346 g/mol. The molecule has 0 saturated heterocycles. The Hall–Kier alpha value is -2.37. The van der Waals surface area contributed by atoms with Crippen molar-refractivity contribution in [3.63, 3.8) is 0 Å². The van der Waals surface area contributed by atoms with Crippen LogP contribution in [-0.4, -0.2) is 30.6 Å². The smallest absolute Gasteiger partial charge is 0.338 e. The van der Waals surface area contributed by atoms with Crippen LogP contribution in [0.1, 0.15) is 54.1 Å². The van der Waals surface area contributed by atoms with E-state index in [4.69, 9.17) is 4.74 Å². The second kappa shape index (κ2) is 8.65. The maximum atomic E-state index is 12.1. The molecule has 3 amide bonds. The lowest BCUT2D eigenvalue weighted by atomic mass is 9.86. The number of ether oxygens (including phenoxy) is 1. The van der Waals surface area contributed by atoms with Crippen molar-refractivity contribution < 1.29 is 19.1 Å². The lowest BCUT2D eigenvalue weighted by Gasteiger charge is -2.29. The molecular formula is C19H26N2O4. The number of esters is 1. The molecule has 0 aliphatic heterocycles. The Kier molecular flexibility index (Phi) is 6.56. The number of benzene rings is 1. The van der Waals surface area contributed by atoms with Crippen LogP contribution in [0.4, 0.5) is 4.79 Å². The van der Waals surface area contributed by atoms with E-state index in [2.05, 4.69) is 17.6 Å². The van der Waals surface area contributed by atoms with Crippen LogP contribution in [0.15, 0.2) is 18.2 Å². The number of urea groups is 1. The number of carbonyl (C=O) groups is 3. The van der Waals surface area contributed by atoms with Crippen LogP contribution in [0.5, 0.6) is 0 Å². The molecular weight excluding hydrogens is 320 g/mol. The Bertz CT molecular complexity index is 657. The summed E-state index contributed by atoms with van der Waals surface area (Å²) < 4.78 is 5.01. The Balaban J connectivity index is 1.79. The first-order chi connectivity index (χ1) is 11.9. The molecule has 25 heavy (non-hydrogen) atoms. The fourth-order valence-electron chi connectivity index (χ4n) is 3.08. The minimum atomic E-state index is -0.639. The molecule has 0 heterocycles. The molecule has 0 bridgehead atoms. The van der Waals surface area contributed by atoms with Crippen LogP contribution < -0.4 is 10.6 Å². The lowest BCUT2D eigenvalue weighted by Crippen LogP contribution is -2.48. The van der Waals surface area contributed by atoms with Crippen LogP contribution in [0.3, 0.4) is 0 Å². The summed E-state index contributed by atoms with van der Waals surface area (Å²) in [7, 11) is 0. The lowest BCUT2D eigenvalue weighted by molar-refractivity contribution is -0.123. The largest absolute Gasteiger partial charge is 0.452 e. The van der Waals surface area contributed by atoms with Crippen molar-refractivity contribution in [2.24, 2.45) is 5.92 Å². The summed E-state index contributed by atoms with van der Waals surface area (Å²) in [4.78, 5) is 35.8. The first kappa shape index (κ1) is 19.0. The van der Waals surface area contributed by atoms with Gasteiger partial charge in [0.05, 0.1) is 5.56 Å². The second-order valence-electron chi connectivity index (χ2n) is 6.71. The van der Waals surface area contributed by atoms with E-state index in [0.717, 1.165) is 30.4 Å². The predicted octanol–water partition coefficient (Wildman–Crippen LogP) is 2.86. The van der Waals surface area contributed by atoms with Crippen molar-refractivity contribution in [1.82, 2.24) is 10.6 Å². The Labute approximate surface area is 148 Å². The topological polar surface area (TPSA) is 84.5 Å². The maximum Gasteiger partial charge on any atom is 0.338 e. The quantitative estimate of drug-likeness (QED) is 0.821. The summed E-state index contributed by atoms with van der Waals surface area (Å²) in [5.41, 5.74) is 2.21. The standard InChI is InChI=1S/C19H26N2O4/c1-12-8-6-9-15(14(12)3)18(23)25-11-17(22)21-19(24)20-16-10-5-4-7-13(16)2/h6,8-9,13,16H,4-5,7,10-11H2,1-3H3,(H2,20,21,22,24)/t13-,16-/m0/s1. The molecule has 136 valence electrons. The van der Waals surface area contributed by atoms with Crippen molar-refractivity contribution >= 4 is 17.9 Å². The molecule has 1 aromatic carbocycles. The van der Waals surface area contributed by atoms with Gasteiger partial charge in [-0.3, -0.25) is 10.1 Å². The number of amides is 3. The molecule has 1 aliphatic carbocycles. The molecule has 1 saturated carbocycles. The summed E-state index contributed by atoms with van der Waals surface area (Å²) >= 11 is 0. The fraction of sp³-hybridized carbons (Fsp3) is 0.526.